The van der Waals surface area contributed by atoms with Gasteiger partial charge >= 0.3 is 0 Å². The number of amides is 1. The van der Waals surface area contributed by atoms with Crippen LogP contribution in [-0.4, -0.2) is 60.2 Å². The number of anilines is 2. The largest absolute Gasteiger partial charge is 0.378 e. The highest BCUT2D eigenvalue weighted by atomic mass is 32.2. The summed E-state index contributed by atoms with van der Waals surface area (Å²) in [6.07, 6.45) is 1.82. The molecule has 3 aromatic carbocycles. The van der Waals surface area contributed by atoms with Crippen molar-refractivity contribution in [1.82, 2.24) is 4.90 Å². The molecule has 202 valence electrons. The molecule has 1 aliphatic heterocycles. The van der Waals surface area contributed by atoms with Gasteiger partial charge in [-0.15, -0.1) is 11.8 Å². The second-order valence-electron chi connectivity index (χ2n) is 8.82. The molecule has 3 aromatic rings. The summed E-state index contributed by atoms with van der Waals surface area (Å²) in [4.78, 5) is 15.3. The summed E-state index contributed by atoms with van der Waals surface area (Å²) in [5.41, 5.74) is 2.77. The van der Waals surface area contributed by atoms with Gasteiger partial charge in [-0.25, -0.2) is 16.8 Å². The summed E-state index contributed by atoms with van der Waals surface area (Å²) in [6, 6.07) is 15.2. The molecule has 0 radical (unpaired) electrons. The maximum Gasteiger partial charge on any atom is 0.261 e. The lowest BCUT2D eigenvalue weighted by Crippen LogP contribution is -2.40. The van der Waals surface area contributed by atoms with Crippen molar-refractivity contribution in [2.45, 2.75) is 28.5 Å². The van der Waals surface area contributed by atoms with Crippen LogP contribution in [0.15, 0.2) is 75.4 Å². The average Bonchev–Trinajstić information content (AvgIpc) is 2.90. The minimum atomic E-state index is -4.05. The Labute approximate surface area is 227 Å². The monoisotopic (exact) mass is 575 g/mol. The highest BCUT2D eigenvalue weighted by Crippen LogP contribution is 2.27. The van der Waals surface area contributed by atoms with E-state index in [0.717, 1.165) is 11.1 Å². The molecule has 0 aromatic heterocycles. The molecule has 0 spiro atoms. The number of nitrogens with one attached hydrogen (secondary N) is 2. The van der Waals surface area contributed by atoms with E-state index in [2.05, 4.69) is 9.44 Å². The molecular formula is C26H29N3O6S3. The fourth-order valence-corrected chi connectivity index (χ4v) is 6.79. The first-order chi connectivity index (χ1) is 18.0. The molecule has 0 aliphatic carbocycles. The summed E-state index contributed by atoms with van der Waals surface area (Å²) >= 11 is 1.36. The SMILES string of the molecule is CSc1ccc(S(=O)(=O)Nc2ccc(S(=O)(=O)Nc3ccc(C)cc3C)cc2)cc1C(=O)N1CCOCC1. The Morgan fingerprint density at radius 2 is 1.47 bits per heavy atom. The lowest BCUT2D eigenvalue weighted by Gasteiger charge is -2.27. The van der Waals surface area contributed by atoms with Gasteiger partial charge in [0.25, 0.3) is 26.0 Å². The van der Waals surface area contributed by atoms with Gasteiger partial charge in [0.1, 0.15) is 0 Å². The Balaban J connectivity index is 1.53. The molecule has 0 unspecified atom stereocenters. The van der Waals surface area contributed by atoms with Crippen LogP contribution in [0.2, 0.25) is 0 Å². The minimum Gasteiger partial charge on any atom is -0.378 e. The van der Waals surface area contributed by atoms with E-state index in [9.17, 15) is 21.6 Å². The Bertz CT molecular complexity index is 1550. The van der Waals surface area contributed by atoms with Crippen molar-refractivity contribution in [1.29, 1.82) is 0 Å². The molecule has 1 fully saturated rings. The predicted octanol–water partition coefficient (Wildman–Crippen LogP) is 4.10. The van der Waals surface area contributed by atoms with Crippen molar-refractivity contribution in [3.8, 4) is 0 Å². The Morgan fingerprint density at radius 3 is 2.11 bits per heavy atom. The zero-order valence-electron chi connectivity index (χ0n) is 21.2. The molecule has 1 aliphatic rings. The number of sulfonamides is 2. The van der Waals surface area contributed by atoms with Crippen LogP contribution >= 0.6 is 11.8 Å². The van der Waals surface area contributed by atoms with Crippen molar-refractivity contribution in [3.63, 3.8) is 0 Å². The first-order valence-electron chi connectivity index (χ1n) is 11.8. The average molecular weight is 576 g/mol. The fraction of sp³-hybridized carbons (Fsp3) is 0.269. The fourth-order valence-electron chi connectivity index (χ4n) is 4.01. The number of carbonyl (C=O) groups is 1. The van der Waals surface area contributed by atoms with Gasteiger partial charge in [0.05, 0.1) is 34.3 Å². The zero-order chi connectivity index (χ0) is 27.5. The molecule has 38 heavy (non-hydrogen) atoms. The van der Waals surface area contributed by atoms with Gasteiger partial charge in [0.2, 0.25) is 0 Å². The summed E-state index contributed by atoms with van der Waals surface area (Å²) in [5.74, 6) is -0.249. The summed E-state index contributed by atoms with van der Waals surface area (Å²) < 4.78 is 62.3. The van der Waals surface area contributed by atoms with E-state index < -0.39 is 20.0 Å². The molecule has 0 saturated carbocycles. The van der Waals surface area contributed by atoms with Gasteiger partial charge in [-0.2, -0.15) is 0 Å². The van der Waals surface area contributed by atoms with Crippen molar-refractivity contribution >= 4 is 49.1 Å². The van der Waals surface area contributed by atoms with E-state index in [-0.39, 0.29) is 21.4 Å². The summed E-state index contributed by atoms with van der Waals surface area (Å²) in [6.45, 7) is 5.49. The predicted molar refractivity (Wildman–Crippen MR) is 149 cm³/mol. The van der Waals surface area contributed by atoms with Crippen molar-refractivity contribution in [3.05, 3.63) is 77.4 Å². The van der Waals surface area contributed by atoms with Crippen LogP contribution in [0, 0.1) is 13.8 Å². The number of morpholine rings is 1. The Kier molecular flexibility index (Phi) is 8.36. The number of ether oxygens (including phenoxy) is 1. The van der Waals surface area contributed by atoms with Crippen LogP contribution < -0.4 is 9.44 Å². The maximum atomic E-state index is 13.1. The molecule has 0 atom stereocenters. The number of hydrogen-bond acceptors (Lipinski definition) is 7. The molecule has 1 amide bonds. The highest BCUT2D eigenvalue weighted by Gasteiger charge is 2.24. The van der Waals surface area contributed by atoms with E-state index in [1.54, 1.807) is 17.0 Å². The van der Waals surface area contributed by atoms with Crippen LogP contribution in [0.4, 0.5) is 11.4 Å². The third kappa shape index (κ3) is 6.32. The lowest BCUT2D eigenvalue weighted by atomic mass is 10.1. The number of thioether (sulfide) groups is 1. The van der Waals surface area contributed by atoms with E-state index >= 15 is 0 Å². The first-order valence-corrected chi connectivity index (χ1v) is 16.0. The van der Waals surface area contributed by atoms with Crippen molar-refractivity contribution in [2.24, 2.45) is 0 Å². The lowest BCUT2D eigenvalue weighted by molar-refractivity contribution is 0.0300. The number of hydrogen-bond donors (Lipinski definition) is 2. The number of benzene rings is 3. The van der Waals surface area contributed by atoms with E-state index in [4.69, 9.17) is 4.74 Å². The second kappa shape index (κ2) is 11.4. The minimum absolute atomic E-state index is 0.0110. The van der Waals surface area contributed by atoms with Crippen LogP contribution in [0.25, 0.3) is 0 Å². The second-order valence-corrected chi connectivity index (χ2v) is 13.0. The van der Waals surface area contributed by atoms with Crippen LogP contribution in [0.1, 0.15) is 21.5 Å². The van der Waals surface area contributed by atoms with Gasteiger partial charge in [-0.1, -0.05) is 17.7 Å². The van der Waals surface area contributed by atoms with E-state index in [1.807, 2.05) is 32.2 Å². The van der Waals surface area contributed by atoms with E-state index in [0.29, 0.717) is 42.4 Å². The molecule has 12 heteroatoms. The number of nitrogens with zero attached hydrogens (tertiary/aromatic N) is 1. The van der Waals surface area contributed by atoms with Gasteiger partial charge in [0.15, 0.2) is 0 Å². The molecular weight excluding hydrogens is 547 g/mol. The van der Waals surface area contributed by atoms with Gasteiger partial charge in [-0.3, -0.25) is 14.2 Å². The summed E-state index contributed by atoms with van der Waals surface area (Å²) in [7, 11) is -7.93. The third-order valence-electron chi connectivity index (χ3n) is 6.05. The number of rotatable bonds is 8. The molecule has 4 rings (SSSR count). The smallest absolute Gasteiger partial charge is 0.261 e. The topological polar surface area (TPSA) is 122 Å². The molecule has 9 nitrogen and oxygen atoms in total. The Hall–Kier alpha value is -3.06. The zero-order valence-corrected chi connectivity index (χ0v) is 23.7. The molecule has 1 saturated heterocycles. The number of aryl methyl sites for hydroxylation is 2. The van der Waals surface area contributed by atoms with Crippen LogP contribution in [-0.2, 0) is 24.8 Å². The molecule has 2 N–H and O–H groups in total. The maximum absolute atomic E-state index is 13.1. The normalized spacial score (nSPS) is 14.2. The van der Waals surface area contributed by atoms with Crippen molar-refractivity contribution in [2.75, 3.05) is 42.0 Å². The first kappa shape index (κ1) is 28.0. The van der Waals surface area contributed by atoms with Gasteiger partial charge < -0.3 is 9.64 Å². The van der Waals surface area contributed by atoms with Gasteiger partial charge in [0, 0.05) is 23.7 Å². The Morgan fingerprint density at radius 1 is 0.842 bits per heavy atom. The summed E-state index contributed by atoms with van der Waals surface area (Å²) in [5, 5.41) is 0. The third-order valence-corrected chi connectivity index (χ3v) is 9.61. The standard InChI is InChI=1S/C26H29N3O6S3/c1-18-4-10-24(19(2)16-18)28-37(31,32)21-7-5-20(6-8-21)27-38(33,34)22-9-11-25(36-3)23(17-22)26(30)29-12-14-35-15-13-29/h4-11,16-17,27-28H,12-15H2,1-3H3. The van der Waals surface area contributed by atoms with Crippen molar-refractivity contribution < 1.29 is 26.4 Å². The van der Waals surface area contributed by atoms with Gasteiger partial charge in [-0.05, 0) is 74.2 Å². The van der Waals surface area contributed by atoms with Crippen LogP contribution in [0.3, 0.4) is 0 Å². The highest BCUT2D eigenvalue weighted by molar-refractivity contribution is 7.98. The molecule has 0 bridgehead atoms. The van der Waals surface area contributed by atoms with Crippen LogP contribution in [0.5, 0.6) is 0 Å². The van der Waals surface area contributed by atoms with E-state index in [1.165, 1.54) is 48.2 Å². The number of carbonyl (C=O) groups excluding carboxylic acids is 1. The quantitative estimate of drug-likeness (QED) is 0.388. The molecule has 1 heterocycles.